The number of aromatic nitrogens is 2. The normalized spacial score (nSPS) is 21.0. The lowest BCUT2D eigenvalue weighted by Gasteiger charge is -2.09. The lowest BCUT2D eigenvalue weighted by atomic mass is 10.2. The minimum Gasteiger partial charge on any atom is -0.378 e. The molecule has 0 amide bonds. The summed E-state index contributed by atoms with van der Waals surface area (Å²) in [6.07, 6.45) is 5.90. The summed E-state index contributed by atoms with van der Waals surface area (Å²) >= 11 is 0. The van der Waals surface area contributed by atoms with Crippen LogP contribution in [0.15, 0.2) is 12.3 Å². The number of nitrogens with one attached hydrogen (secondary N) is 1. The van der Waals surface area contributed by atoms with Gasteiger partial charge < -0.3 is 10.1 Å². The van der Waals surface area contributed by atoms with Gasteiger partial charge in [0.15, 0.2) is 0 Å². The molecule has 0 radical (unpaired) electrons. The molecule has 1 aromatic rings. The smallest absolute Gasteiger partial charge is 0.0588 e. The molecule has 15 heavy (non-hydrogen) atoms. The van der Waals surface area contributed by atoms with Crippen molar-refractivity contribution >= 4 is 0 Å². The van der Waals surface area contributed by atoms with Crippen molar-refractivity contribution in [3.8, 4) is 0 Å². The van der Waals surface area contributed by atoms with Crippen LogP contribution >= 0.6 is 0 Å². The molecule has 1 N–H and O–H groups in total. The van der Waals surface area contributed by atoms with Gasteiger partial charge in [-0.1, -0.05) is 0 Å². The Balaban J connectivity index is 1.60. The maximum Gasteiger partial charge on any atom is 0.0588 e. The minimum absolute atomic E-state index is 0.490. The van der Waals surface area contributed by atoms with Gasteiger partial charge in [0.2, 0.25) is 0 Å². The van der Waals surface area contributed by atoms with Crippen LogP contribution in [0.25, 0.3) is 0 Å². The second-order valence-electron chi connectivity index (χ2n) is 4.05. The summed E-state index contributed by atoms with van der Waals surface area (Å²) < 4.78 is 7.46. The van der Waals surface area contributed by atoms with Crippen molar-refractivity contribution in [3.05, 3.63) is 18.0 Å². The van der Waals surface area contributed by atoms with Crippen LogP contribution in [0.4, 0.5) is 0 Å². The number of ether oxygens (including phenoxy) is 1. The first kappa shape index (κ1) is 10.6. The number of hydrogen-bond acceptors (Lipinski definition) is 3. The third-order valence-electron chi connectivity index (χ3n) is 2.90. The average Bonchev–Trinajstić information content (AvgIpc) is 2.85. The lowest BCUT2D eigenvalue weighted by Crippen LogP contribution is -2.21. The summed E-state index contributed by atoms with van der Waals surface area (Å²) in [7, 11) is 1.97. The molecule has 1 aliphatic rings. The molecule has 1 unspecified atom stereocenters. The van der Waals surface area contributed by atoms with E-state index in [4.69, 9.17) is 4.74 Å². The highest BCUT2D eigenvalue weighted by Gasteiger charge is 2.14. The number of nitrogens with zero attached hydrogens (tertiary/aromatic N) is 2. The zero-order valence-corrected chi connectivity index (χ0v) is 9.28. The van der Waals surface area contributed by atoms with Gasteiger partial charge in [-0.25, -0.2) is 0 Å². The van der Waals surface area contributed by atoms with E-state index in [2.05, 4.69) is 10.4 Å². The van der Waals surface area contributed by atoms with E-state index in [0.29, 0.717) is 6.10 Å². The van der Waals surface area contributed by atoms with E-state index >= 15 is 0 Å². The van der Waals surface area contributed by atoms with Gasteiger partial charge >= 0.3 is 0 Å². The predicted molar refractivity (Wildman–Crippen MR) is 58.5 cm³/mol. The first-order chi connectivity index (χ1) is 7.36. The summed E-state index contributed by atoms with van der Waals surface area (Å²) in [5.41, 5.74) is 1.22. The maximum atomic E-state index is 5.56. The summed E-state index contributed by atoms with van der Waals surface area (Å²) in [5.74, 6) is 0. The molecule has 0 bridgehead atoms. The van der Waals surface area contributed by atoms with Crippen LogP contribution < -0.4 is 5.32 Å². The van der Waals surface area contributed by atoms with E-state index in [1.54, 1.807) is 0 Å². The van der Waals surface area contributed by atoms with E-state index in [0.717, 1.165) is 26.1 Å². The summed E-state index contributed by atoms with van der Waals surface area (Å²) in [4.78, 5) is 0. The van der Waals surface area contributed by atoms with Gasteiger partial charge in [-0.05, 0) is 31.9 Å². The van der Waals surface area contributed by atoms with Gasteiger partial charge in [-0.2, -0.15) is 5.10 Å². The summed E-state index contributed by atoms with van der Waals surface area (Å²) in [6, 6.07) is 2.04. The zero-order valence-electron chi connectivity index (χ0n) is 9.28. The molecule has 1 aromatic heterocycles. The van der Waals surface area contributed by atoms with E-state index < -0.39 is 0 Å². The number of hydrogen-bond donors (Lipinski definition) is 1. The fraction of sp³-hybridized carbons (Fsp3) is 0.727. The lowest BCUT2D eigenvalue weighted by molar-refractivity contribution is 0.104. The second-order valence-corrected chi connectivity index (χ2v) is 4.05. The third-order valence-corrected chi connectivity index (χ3v) is 2.90. The van der Waals surface area contributed by atoms with Gasteiger partial charge in [-0.3, -0.25) is 4.68 Å². The van der Waals surface area contributed by atoms with E-state index in [1.165, 1.54) is 18.5 Å². The van der Waals surface area contributed by atoms with Crippen LogP contribution in [0.3, 0.4) is 0 Å². The highest BCUT2D eigenvalue weighted by atomic mass is 16.5. The Labute approximate surface area is 90.6 Å². The first-order valence-electron chi connectivity index (χ1n) is 5.65. The third kappa shape index (κ3) is 3.04. The van der Waals surface area contributed by atoms with Crippen molar-refractivity contribution in [1.82, 2.24) is 15.1 Å². The Morgan fingerprint density at radius 1 is 1.67 bits per heavy atom. The van der Waals surface area contributed by atoms with Crippen molar-refractivity contribution in [2.45, 2.75) is 31.9 Å². The maximum absolute atomic E-state index is 5.56. The fourth-order valence-corrected chi connectivity index (χ4v) is 1.93. The molecular formula is C11H19N3O. The molecule has 4 nitrogen and oxygen atoms in total. The van der Waals surface area contributed by atoms with E-state index in [1.807, 2.05) is 24.0 Å². The monoisotopic (exact) mass is 209 g/mol. The van der Waals surface area contributed by atoms with Gasteiger partial charge in [0.1, 0.15) is 0 Å². The van der Waals surface area contributed by atoms with Gasteiger partial charge in [0.25, 0.3) is 0 Å². The fourth-order valence-electron chi connectivity index (χ4n) is 1.93. The molecule has 0 spiro atoms. The number of rotatable bonds is 5. The molecule has 2 heterocycles. The molecular weight excluding hydrogens is 190 g/mol. The van der Waals surface area contributed by atoms with Crippen LogP contribution in [0.1, 0.15) is 25.0 Å². The standard InChI is InChI=1S/C11H19N3O/c1-14-10(4-7-13-14)9-12-6-5-11-3-2-8-15-11/h4,7,11-12H,2-3,5-6,8-9H2,1H3. The summed E-state index contributed by atoms with van der Waals surface area (Å²) in [6.45, 7) is 2.87. The molecule has 1 fully saturated rings. The van der Waals surface area contributed by atoms with Crippen molar-refractivity contribution < 1.29 is 4.74 Å². The van der Waals surface area contributed by atoms with Crippen LogP contribution in [0, 0.1) is 0 Å². The second kappa shape index (κ2) is 5.28. The summed E-state index contributed by atoms with van der Waals surface area (Å²) in [5, 5.41) is 7.54. The SMILES string of the molecule is Cn1nccc1CNCCC1CCCO1. The molecule has 0 saturated carbocycles. The van der Waals surface area contributed by atoms with Gasteiger partial charge in [0.05, 0.1) is 11.8 Å². The topological polar surface area (TPSA) is 39.1 Å². The van der Waals surface area contributed by atoms with Crippen molar-refractivity contribution in [3.63, 3.8) is 0 Å². The zero-order chi connectivity index (χ0) is 10.5. The Hall–Kier alpha value is -0.870. The van der Waals surface area contributed by atoms with Crippen LogP contribution in [-0.2, 0) is 18.3 Å². The quantitative estimate of drug-likeness (QED) is 0.738. The highest BCUT2D eigenvalue weighted by Crippen LogP contribution is 2.14. The largest absolute Gasteiger partial charge is 0.378 e. The van der Waals surface area contributed by atoms with E-state index in [9.17, 15) is 0 Å². The molecule has 2 rings (SSSR count). The molecule has 84 valence electrons. The van der Waals surface area contributed by atoms with Crippen molar-refractivity contribution in [1.29, 1.82) is 0 Å². The van der Waals surface area contributed by atoms with Gasteiger partial charge in [-0.15, -0.1) is 0 Å². The van der Waals surface area contributed by atoms with E-state index in [-0.39, 0.29) is 0 Å². The van der Waals surface area contributed by atoms with Crippen molar-refractivity contribution in [2.75, 3.05) is 13.2 Å². The Bertz CT molecular complexity index is 292. The Morgan fingerprint density at radius 2 is 2.60 bits per heavy atom. The van der Waals surface area contributed by atoms with Crippen LogP contribution in [0.2, 0.25) is 0 Å². The van der Waals surface area contributed by atoms with Crippen LogP contribution in [-0.4, -0.2) is 29.0 Å². The van der Waals surface area contributed by atoms with Gasteiger partial charge in [0, 0.05) is 26.4 Å². The van der Waals surface area contributed by atoms with Crippen LogP contribution in [0.5, 0.6) is 0 Å². The molecule has 0 aromatic carbocycles. The molecule has 1 saturated heterocycles. The molecule has 1 aliphatic heterocycles. The molecule has 1 atom stereocenters. The molecule has 4 heteroatoms. The Kier molecular flexibility index (Phi) is 3.75. The van der Waals surface area contributed by atoms with Crippen molar-refractivity contribution in [2.24, 2.45) is 7.05 Å². The average molecular weight is 209 g/mol. The predicted octanol–water partition coefficient (Wildman–Crippen LogP) is 1.08. The first-order valence-corrected chi connectivity index (χ1v) is 5.65. The molecule has 0 aliphatic carbocycles. The minimum atomic E-state index is 0.490. The number of aryl methyl sites for hydroxylation is 1. The Morgan fingerprint density at radius 3 is 3.27 bits per heavy atom. The highest BCUT2D eigenvalue weighted by molar-refractivity contribution is 4.98.